The van der Waals surface area contributed by atoms with Crippen molar-refractivity contribution in [2.75, 3.05) is 13.2 Å². The van der Waals surface area contributed by atoms with E-state index in [0.29, 0.717) is 33.4 Å². The second-order valence-electron chi connectivity index (χ2n) is 17.6. The molecule has 386 valence electrons. The average Bonchev–Trinajstić information content (AvgIpc) is 3.62. The average molecular weight is 1050 g/mol. The zero-order valence-electron chi connectivity index (χ0n) is 42.7. The molecule has 0 aromatic heterocycles. The standard InChI is InChI=1S/C68H46N4O8/c69-41-53-35-19-21-37-56(53)58(39-47-23-7-1-8-24-47)64(73)77-45-55(46-78-65(74)59(40-48-25-9-2-10-26-48)57-38-22-20-36-54(57)42-70)68(79-66(75)60(43-71)62(49-27-11-3-12-28-49)50-29-13-4-14-30-50)80-67(76)61(44-72)63(51-31-15-5-16-32-51)52-33-17-6-18-34-52/h1-40,55,68H,45-46H2/b58-39-,59-40+. The topological polar surface area (TPSA) is 200 Å². The maximum absolute atomic E-state index is 15.0. The van der Waals surface area contributed by atoms with Crippen molar-refractivity contribution in [3.05, 3.63) is 297 Å². The number of carbonyl (C=O) groups is 4. The predicted octanol–water partition coefficient (Wildman–Crippen LogP) is 12.4. The van der Waals surface area contributed by atoms with E-state index in [-0.39, 0.29) is 44.5 Å². The predicted molar refractivity (Wildman–Crippen MR) is 301 cm³/mol. The second-order valence-corrected chi connectivity index (χ2v) is 17.6. The van der Waals surface area contributed by atoms with Crippen molar-refractivity contribution in [3.63, 3.8) is 0 Å². The van der Waals surface area contributed by atoms with Crippen LogP contribution in [0, 0.1) is 51.2 Å². The minimum Gasteiger partial charge on any atom is -0.461 e. The molecule has 1 atom stereocenters. The van der Waals surface area contributed by atoms with Crippen LogP contribution in [0.15, 0.2) is 242 Å². The van der Waals surface area contributed by atoms with Crippen molar-refractivity contribution in [3.8, 4) is 24.3 Å². The van der Waals surface area contributed by atoms with E-state index in [1.54, 1.807) is 218 Å². The lowest BCUT2D eigenvalue weighted by atomic mass is 9.93. The molecule has 0 N–H and O–H groups in total. The lowest BCUT2D eigenvalue weighted by molar-refractivity contribution is -0.199. The van der Waals surface area contributed by atoms with E-state index in [0.717, 1.165) is 0 Å². The normalized spacial score (nSPS) is 11.2. The number of hydrogen-bond acceptors (Lipinski definition) is 12. The number of hydrogen-bond donors (Lipinski definition) is 0. The summed E-state index contributed by atoms with van der Waals surface area (Å²) in [5, 5.41) is 42.3. The molecular weight excluding hydrogens is 1000 g/mol. The van der Waals surface area contributed by atoms with Crippen molar-refractivity contribution in [2.45, 2.75) is 6.29 Å². The van der Waals surface area contributed by atoms with Gasteiger partial charge in [-0.2, -0.15) is 21.0 Å². The van der Waals surface area contributed by atoms with E-state index < -0.39 is 60.4 Å². The molecule has 0 saturated carbocycles. The van der Waals surface area contributed by atoms with Crippen molar-refractivity contribution in [1.29, 1.82) is 21.0 Å². The van der Waals surface area contributed by atoms with Crippen LogP contribution in [0.2, 0.25) is 0 Å². The molecule has 0 aliphatic heterocycles. The molecule has 0 aliphatic rings. The van der Waals surface area contributed by atoms with Gasteiger partial charge in [-0.3, -0.25) is 0 Å². The first-order valence-corrected chi connectivity index (χ1v) is 25.0. The molecule has 0 saturated heterocycles. The molecule has 8 aromatic rings. The summed E-state index contributed by atoms with van der Waals surface area (Å²) in [6, 6.07) is 72.9. The smallest absolute Gasteiger partial charge is 0.352 e. The monoisotopic (exact) mass is 1050 g/mol. The van der Waals surface area contributed by atoms with E-state index in [1.807, 2.05) is 12.1 Å². The van der Waals surface area contributed by atoms with Crippen LogP contribution in [0.4, 0.5) is 0 Å². The number of ether oxygens (including phenoxy) is 4. The number of rotatable bonds is 19. The Labute approximate surface area is 462 Å². The van der Waals surface area contributed by atoms with Crippen molar-refractivity contribution < 1.29 is 38.1 Å². The maximum atomic E-state index is 15.0. The van der Waals surface area contributed by atoms with E-state index in [9.17, 15) is 30.6 Å². The molecule has 80 heavy (non-hydrogen) atoms. The third-order valence-corrected chi connectivity index (χ3v) is 12.4. The van der Waals surface area contributed by atoms with Gasteiger partial charge in [0.05, 0.1) is 34.4 Å². The largest absolute Gasteiger partial charge is 0.461 e. The first-order valence-electron chi connectivity index (χ1n) is 25.0. The fourth-order valence-electron chi connectivity index (χ4n) is 8.56. The van der Waals surface area contributed by atoms with Crippen LogP contribution < -0.4 is 0 Å². The van der Waals surface area contributed by atoms with Gasteiger partial charge in [-0.1, -0.05) is 218 Å². The third-order valence-electron chi connectivity index (χ3n) is 12.4. The molecule has 0 heterocycles. The Bertz CT molecular complexity index is 3500. The van der Waals surface area contributed by atoms with E-state index in [1.165, 1.54) is 24.3 Å². The van der Waals surface area contributed by atoms with Crippen LogP contribution in [-0.4, -0.2) is 43.4 Å². The Morgan fingerprint density at radius 1 is 0.375 bits per heavy atom. The molecule has 8 aromatic carbocycles. The Morgan fingerprint density at radius 2 is 0.662 bits per heavy atom. The number of esters is 4. The van der Waals surface area contributed by atoms with Gasteiger partial charge < -0.3 is 18.9 Å². The summed E-state index contributed by atoms with van der Waals surface area (Å²) in [4.78, 5) is 59.5. The lowest BCUT2D eigenvalue weighted by Crippen LogP contribution is -2.39. The summed E-state index contributed by atoms with van der Waals surface area (Å²) in [7, 11) is 0. The number of benzene rings is 8. The van der Waals surface area contributed by atoms with Crippen LogP contribution in [0.5, 0.6) is 0 Å². The number of nitriles is 4. The zero-order valence-corrected chi connectivity index (χ0v) is 42.7. The highest BCUT2D eigenvalue weighted by molar-refractivity contribution is 6.23. The van der Waals surface area contributed by atoms with E-state index in [2.05, 4.69) is 12.1 Å². The summed E-state index contributed by atoms with van der Waals surface area (Å²) in [6.07, 6.45) is 0.842. The molecule has 0 bridgehead atoms. The summed E-state index contributed by atoms with van der Waals surface area (Å²) >= 11 is 0. The van der Waals surface area contributed by atoms with Gasteiger partial charge in [0, 0.05) is 22.3 Å². The molecule has 0 spiro atoms. The molecule has 8 rings (SSSR count). The number of nitrogens with zero attached hydrogens (tertiary/aromatic N) is 4. The fraction of sp³-hybridized carbons (Fsp3) is 0.0588. The summed E-state index contributed by atoms with van der Waals surface area (Å²) < 4.78 is 24.5. The first kappa shape index (κ1) is 54.8. The van der Waals surface area contributed by atoms with Crippen molar-refractivity contribution in [1.82, 2.24) is 0 Å². The Kier molecular flexibility index (Phi) is 18.8. The van der Waals surface area contributed by atoms with Gasteiger partial charge in [0.1, 0.15) is 42.4 Å². The summed E-state index contributed by atoms with van der Waals surface area (Å²) in [6.45, 7) is -1.65. The van der Waals surface area contributed by atoms with Crippen LogP contribution >= 0.6 is 0 Å². The molecule has 0 fully saturated rings. The van der Waals surface area contributed by atoms with Gasteiger partial charge in [0.25, 0.3) is 6.29 Å². The van der Waals surface area contributed by atoms with E-state index in [4.69, 9.17) is 18.9 Å². The minimum atomic E-state index is -2.20. The van der Waals surface area contributed by atoms with Gasteiger partial charge >= 0.3 is 23.9 Å². The summed E-state index contributed by atoms with van der Waals surface area (Å²) in [5.74, 6) is -6.22. The second kappa shape index (κ2) is 27.4. The first-order chi connectivity index (χ1) is 39.2. The van der Waals surface area contributed by atoms with Crippen LogP contribution in [-0.2, 0) is 38.1 Å². The molecule has 12 nitrogen and oxygen atoms in total. The minimum absolute atomic E-state index is 0.0639. The lowest BCUT2D eigenvalue weighted by Gasteiger charge is -2.27. The van der Waals surface area contributed by atoms with Gasteiger partial charge in [0.15, 0.2) is 0 Å². The molecule has 1 unspecified atom stereocenters. The number of carbonyl (C=O) groups excluding carboxylic acids is 4. The van der Waals surface area contributed by atoms with Gasteiger partial charge in [-0.25, -0.2) is 19.2 Å². The fourth-order valence-corrected chi connectivity index (χ4v) is 8.56. The Balaban J connectivity index is 1.29. The van der Waals surface area contributed by atoms with Gasteiger partial charge in [0.2, 0.25) is 0 Å². The summed E-state index contributed by atoms with van der Waals surface area (Å²) in [5.41, 5.74) is 2.80. The molecule has 12 heteroatoms. The van der Waals surface area contributed by atoms with Gasteiger partial charge in [-0.15, -0.1) is 0 Å². The third kappa shape index (κ3) is 13.7. The molecule has 0 radical (unpaired) electrons. The zero-order chi connectivity index (χ0) is 56.1. The Hall–Kier alpha value is -11.4. The maximum Gasteiger partial charge on any atom is 0.352 e. The molecular formula is C68H46N4O8. The highest BCUT2D eigenvalue weighted by atomic mass is 16.7. The van der Waals surface area contributed by atoms with E-state index >= 15 is 9.59 Å². The van der Waals surface area contributed by atoms with Crippen LogP contribution in [0.1, 0.15) is 55.6 Å². The highest BCUT2D eigenvalue weighted by Gasteiger charge is 2.37. The quantitative estimate of drug-likeness (QED) is 0.0186. The van der Waals surface area contributed by atoms with Gasteiger partial charge in [-0.05, 0) is 57.7 Å². The van der Waals surface area contributed by atoms with Crippen molar-refractivity contribution >= 4 is 58.3 Å². The SMILES string of the molecule is N#CC(C(=O)OC(OC(=O)C(C#N)=C(c1ccccc1)c1ccccc1)C(COC(=O)/C(=C\c1ccccc1)c1ccccc1C#N)COC(=O)/C(=C/c1ccccc1)c1ccccc1C#N)=C(c1ccccc1)c1ccccc1. The molecule has 0 aliphatic carbocycles. The van der Waals surface area contributed by atoms with Crippen molar-refractivity contribution in [2.24, 2.45) is 5.92 Å². The molecule has 0 amide bonds. The Morgan fingerprint density at radius 3 is 0.963 bits per heavy atom. The highest BCUT2D eigenvalue weighted by Crippen LogP contribution is 2.32. The van der Waals surface area contributed by atoms with Crippen LogP contribution in [0.25, 0.3) is 34.4 Å². The van der Waals surface area contributed by atoms with Crippen LogP contribution in [0.3, 0.4) is 0 Å².